The van der Waals surface area contributed by atoms with Crippen molar-refractivity contribution in [3.05, 3.63) is 0 Å². The molecule has 2 aliphatic rings. The molecule has 2 fully saturated rings. The van der Waals surface area contributed by atoms with Gasteiger partial charge in [-0.3, -0.25) is 0 Å². The maximum atomic E-state index is 5.44. The molecule has 0 atom stereocenters. The number of rotatable bonds is 1. The normalized spacial score (nSPS) is 30.9. The van der Waals surface area contributed by atoms with Crippen LogP contribution in [0.2, 0.25) is 0 Å². The van der Waals surface area contributed by atoms with Gasteiger partial charge in [-0.05, 0) is 12.8 Å². The van der Waals surface area contributed by atoms with Crippen LogP contribution in [-0.2, 0) is 9.47 Å². The van der Waals surface area contributed by atoms with Crippen molar-refractivity contribution in [3.8, 4) is 0 Å². The fraction of sp³-hybridized carbons (Fsp3) is 1.00. The highest BCUT2D eigenvalue weighted by molar-refractivity contribution is 9.09. The Morgan fingerprint density at radius 2 is 1.90 bits per heavy atom. The highest BCUT2D eigenvalue weighted by atomic mass is 79.9. The van der Waals surface area contributed by atoms with Crippen molar-refractivity contribution in [1.82, 2.24) is 0 Å². The lowest BCUT2D eigenvalue weighted by molar-refractivity contribution is -0.194. The zero-order valence-corrected chi connectivity index (χ0v) is 7.39. The van der Waals surface area contributed by atoms with Gasteiger partial charge in [0.15, 0.2) is 6.29 Å². The van der Waals surface area contributed by atoms with E-state index in [9.17, 15) is 0 Å². The van der Waals surface area contributed by atoms with E-state index in [-0.39, 0.29) is 6.29 Å². The Hall–Kier alpha value is 0.400. The summed E-state index contributed by atoms with van der Waals surface area (Å²) in [7, 11) is 0. The Bertz CT molecular complexity index is 124. The fourth-order valence-electron chi connectivity index (χ4n) is 1.18. The third-order valence-electron chi connectivity index (χ3n) is 2.23. The van der Waals surface area contributed by atoms with Gasteiger partial charge in [0.05, 0.1) is 18.5 Å². The first-order valence-corrected chi connectivity index (χ1v) is 4.76. The molecule has 0 unspecified atom stereocenters. The molecule has 1 aliphatic heterocycles. The van der Waals surface area contributed by atoms with Crippen LogP contribution in [0.4, 0.5) is 0 Å². The molecule has 0 N–H and O–H groups in total. The minimum absolute atomic E-state index is 0.00576. The molecule has 0 aromatic carbocycles. The SMILES string of the molecule is BrCC1OCC2(CC2)CO1. The van der Waals surface area contributed by atoms with Crippen molar-refractivity contribution in [2.24, 2.45) is 5.41 Å². The Labute approximate surface area is 69.0 Å². The van der Waals surface area contributed by atoms with Gasteiger partial charge in [-0.25, -0.2) is 0 Å². The zero-order chi connectivity index (χ0) is 7.03. The molecule has 0 aromatic heterocycles. The molecule has 0 aromatic rings. The van der Waals surface area contributed by atoms with Gasteiger partial charge >= 0.3 is 0 Å². The summed E-state index contributed by atoms with van der Waals surface area (Å²) in [4.78, 5) is 0. The Balaban J connectivity index is 1.84. The standard InChI is InChI=1S/C7H11BrO2/c8-3-6-9-4-7(1-2-7)5-10-6/h6H,1-5H2. The monoisotopic (exact) mass is 206 g/mol. The van der Waals surface area contributed by atoms with Gasteiger partial charge in [-0.15, -0.1) is 0 Å². The molecule has 1 aliphatic carbocycles. The summed E-state index contributed by atoms with van der Waals surface area (Å²) < 4.78 is 10.9. The number of hydrogen-bond donors (Lipinski definition) is 0. The van der Waals surface area contributed by atoms with Gasteiger partial charge in [-0.1, -0.05) is 15.9 Å². The quantitative estimate of drug-likeness (QED) is 0.607. The van der Waals surface area contributed by atoms with Crippen LogP contribution in [0.3, 0.4) is 0 Å². The third-order valence-corrected chi connectivity index (χ3v) is 2.76. The molecule has 0 bridgehead atoms. The van der Waals surface area contributed by atoms with Crippen LogP contribution in [0.5, 0.6) is 0 Å². The van der Waals surface area contributed by atoms with E-state index in [1.54, 1.807) is 0 Å². The Morgan fingerprint density at radius 1 is 1.30 bits per heavy atom. The number of halogens is 1. The molecule has 1 saturated carbocycles. The molecule has 1 spiro atoms. The van der Waals surface area contributed by atoms with Crippen molar-refractivity contribution in [2.75, 3.05) is 18.5 Å². The summed E-state index contributed by atoms with van der Waals surface area (Å²) >= 11 is 3.32. The van der Waals surface area contributed by atoms with Gasteiger partial charge in [0.1, 0.15) is 0 Å². The summed E-state index contributed by atoms with van der Waals surface area (Å²) in [5.74, 6) is 0. The topological polar surface area (TPSA) is 18.5 Å². The van der Waals surface area contributed by atoms with E-state index in [2.05, 4.69) is 15.9 Å². The molecule has 2 nitrogen and oxygen atoms in total. The number of ether oxygens (including phenoxy) is 2. The Kier molecular flexibility index (Phi) is 1.74. The average molecular weight is 207 g/mol. The van der Waals surface area contributed by atoms with Crippen LogP contribution < -0.4 is 0 Å². The van der Waals surface area contributed by atoms with Crippen molar-refractivity contribution in [3.63, 3.8) is 0 Å². The predicted octanol–water partition coefficient (Wildman–Crippen LogP) is 1.53. The average Bonchev–Trinajstić information content (AvgIpc) is 2.72. The van der Waals surface area contributed by atoms with Crippen molar-refractivity contribution in [1.29, 1.82) is 0 Å². The zero-order valence-electron chi connectivity index (χ0n) is 5.81. The minimum Gasteiger partial charge on any atom is -0.351 e. The molecule has 3 heteroatoms. The largest absolute Gasteiger partial charge is 0.351 e. The molecular weight excluding hydrogens is 196 g/mol. The van der Waals surface area contributed by atoms with Crippen LogP contribution in [0.1, 0.15) is 12.8 Å². The third kappa shape index (κ3) is 1.22. The van der Waals surface area contributed by atoms with E-state index in [1.807, 2.05) is 0 Å². The second kappa shape index (κ2) is 2.47. The summed E-state index contributed by atoms with van der Waals surface area (Å²) in [6.07, 6.45) is 2.59. The molecule has 2 rings (SSSR count). The summed E-state index contributed by atoms with van der Waals surface area (Å²) in [5, 5.41) is 0.795. The van der Waals surface area contributed by atoms with Crippen LogP contribution in [0, 0.1) is 5.41 Å². The Morgan fingerprint density at radius 3 is 2.30 bits per heavy atom. The van der Waals surface area contributed by atoms with E-state index < -0.39 is 0 Å². The van der Waals surface area contributed by atoms with Crippen LogP contribution >= 0.6 is 15.9 Å². The number of hydrogen-bond acceptors (Lipinski definition) is 2. The second-order valence-corrected chi connectivity index (χ2v) is 3.85. The van der Waals surface area contributed by atoms with Crippen LogP contribution in [0.15, 0.2) is 0 Å². The summed E-state index contributed by atoms with van der Waals surface area (Å²) in [5.41, 5.74) is 0.443. The lowest BCUT2D eigenvalue weighted by Gasteiger charge is -2.27. The summed E-state index contributed by atoms with van der Waals surface area (Å²) in [6.45, 7) is 1.81. The van der Waals surface area contributed by atoms with E-state index in [1.165, 1.54) is 12.8 Å². The predicted molar refractivity (Wildman–Crippen MR) is 41.2 cm³/mol. The highest BCUT2D eigenvalue weighted by Crippen LogP contribution is 2.48. The number of alkyl halides is 1. The molecule has 0 amide bonds. The fourth-order valence-corrected chi connectivity index (χ4v) is 1.56. The first-order valence-electron chi connectivity index (χ1n) is 3.64. The van der Waals surface area contributed by atoms with Gasteiger partial charge in [0.2, 0.25) is 0 Å². The van der Waals surface area contributed by atoms with Crippen molar-refractivity contribution < 1.29 is 9.47 Å². The highest BCUT2D eigenvalue weighted by Gasteiger charge is 2.46. The van der Waals surface area contributed by atoms with Gasteiger partial charge in [0.25, 0.3) is 0 Å². The van der Waals surface area contributed by atoms with Crippen LogP contribution in [0.25, 0.3) is 0 Å². The van der Waals surface area contributed by atoms with E-state index in [0.29, 0.717) is 5.41 Å². The second-order valence-electron chi connectivity index (χ2n) is 3.21. The van der Waals surface area contributed by atoms with E-state index in [0.717, 1.165) is 18.5 Å². The van der Waals surface area contributed by atoms with Crippen molar-refractivity contribution in [2.45, 2.75) is 19.1 Å². The van der Waals surface area contributed by atoms with E-state index >= 15 is 0 Å². The minimum atomic E-state index is 0.00576. The van der Waals surface area contributed by atoms with Gasteiger partial charge in [-0.2, -0.15) is 0 Å². The smallest absolute Gasteiger partial charge is 0.167 e. The molecule has 1 heterocycles. The van der Waals surface area contributed by atoms with Crippen molar-refractivity contribution >= 4 is 15.9 Å². The van der Waals surface area contributed by atoms with Gasteiger partial charge < -0.3 is 9.47 Å². The molecule has 58 valence electrons. The summed E-state index contributed by atoms with van der Waals surface area (Å²) in [6, 6.07) is 0. The molecular formula is C7H11BrO2. The molecule has 10 heavy (non-hydrogen) atoms. The lowest BCUT2D eigenvalue weighted by Crippen LogP contribution is -2.33. The van der Waals surface area contributed by atoms with E-state index in [4.69, 9.17) is 9.47 Å². The molecule has 1 saturated heterocycles. The maximum absolute atomic E-state index is 5.44. The van der Waals surface area contributed by atoms with Gasteiger partial charge in [0, 0.05) is 5.41 Å². The first-order chi connectivity index (χ1) is 4.85. The molecule has 0 radical (unpaired) electrons. The lowest BCUT2D eigenvalue weighted by atomic mass is 10.1. The van der Waals surface area contributed by atoms with Crippen LogP contribution in [-0.4, -0.2) is 24.8 Å². The maximum Gasteiger partial charge on any atom is 0.167 e. The first kappa shape index (κ1) is 7.07.